The average molecular weight is 466 g/mol. The van der Waals surface area contributed by atoms with Gasteiger partial charge in [-0.05, 0) is 53.4 Å². The molecule has 8 heteroatoms. The number of benzene rings is 3. The van der Waals surface area contributed by atoms with Gasteiger partial charge in [-0.1, -0.05) is 51.1 Å². The van der Waals surface area contributed by atoms with E-state index in [1.165, 1.54) is 12.1 Å². The van der Waals surface area contributed by atoms with Gasteiger partial charge in [0.1, 0.15) is 0 Å². The molecule has 0 aliphatic rings. The van der Waals surface area contributed by atoms with Crippen LogP contribution in [0, 0.1) is 0 Å². The third-order valence-electron chi connectivity index (χ3n) is 4.86. The van der Waals surface area contributed by atoms with Crippen LogP contribution >= 0.6 is 0 Å². The van der Waals surface area contributed by atoms with Gasteiger partial charge in [0.2, 0.25) is 10.0 Å². The largest absolute Gasteiger partial charge is 0.322 e. The Balaban J connectivity index is 1.73. The van der Waals surface area contributed by atoms with Crippen molar-refractivity contribution in [3.05, 3.63) is 89.5 Å². The highest BCUT2D eigenvalue weighted by atomic mass is 32.2. The summed E-state index contributed by atoms with van der Waals surface area (Å²) in [7, 11) is -3.54. The normalized spacial score (nSPS) is 11.5. The molecule has 3 N–H and O–H groups in total. The van der Waals surface area contributed by atoms with E-state index in [1.54, 1.807) is 48.5 Å². The van der Waals surface area contributed by atoms with E-state index < -0.39 is 15.9 Å². The fraction of sp³-hybridized carbons (Fsp3) is 0.200. The minimum absolute atomic E-state index is 0.00298. The van der Waals surface area contributed by atoms with Gasteiger partial charge in [-0.15, -0.1) is 0 Å². The molecule has 0 saturated carbocycles. The van der Waals surface area contributed by atoms with Gasteiger partial charge in [-0.3, -0.25) is 14.3 Å². The zero-order chi connectivity index (χ0) is 24.2. The molecule has 0 spiro atoms. The molecule has 2 amide bonds. The molecule has 0 atom stereocenters. The fourth-order valence-corrected chi connectivity index (χ4v) is 3.75. The number of hydrogen-bond donors (Lipinski definition) is 3. The van der Waals surface area contributed by atoms with E-state index in [1.807, 2.05) is 12.1 Å². The number of carbonyl (C=O) groups excluding carboxylic acids is 2. The van der Waals surface area contributed by atoms with Gasteiger partial charge >= 0.3 is 0 Å². The zero-order valence-electron chi connectivity index (χ0n) is 19.0. The fourth-order valence-electron chi connectivity index (χ4n) is 3.17. The second-order valence-corrected chi connectivity index (χ2v) is 10.5. The molecule has 33 heavy (non-hydrogen) atoms. The molecule has 0 aliphatic carbocycles. The third kappa shape index (κ3) is 6.66. The maximum atomic E-state index is 12.8. The van der Waals surface area contributed by atoms with Gasteiger partial charge in [0.15, 0.2) is 0 Å². The molecular formula is C25H27N3O4S. The van der Waals surface area contributed by atoms with E-state index in [0.29, 0.717) is 16.9 Å². The van der Waals surface area contributed by atoms with E-state index in [-0.39, 0.29) is 22.6 Å². The van der Waals surface area contributed by atoms with Crippen molar-refractivity contribution in [3.8, 4) is 0 Å². The standard InChI is InChI=1S/C25H27N3O4S/c1-25(2,3)18-14-12-17(13-15-18)23(29)26-19-8-7-9-20(16-19)27-24(30)21-10-5-6-11-22(21)28-33(4,31)32/h5-16,28H,1-4H3,(H,26,29)(H,27,30). The average Bonchev–Trinajstić information content (AvgIpc) is 2.72. The van der Waals surface area contributed by atoms with Crippen LogP contribution in [0.4, 0.5) is 17.1 Å². The van der Waals surface area contributed by atoms with Crippen LogP contribution in [0.5, 0.6) is 0 Å². The number of hydrogen-bond acceptors (Lipinski definition) is 4. The van der Waals surface area contributed by atoms with E-state index in [9.17, 15) is 18.0 Å². The highest BCUT2D eigenvalue weighted by molar-refractivity contribution is 7.92. The number of anilines is 3. The van der Waals surface area contributed by atoms with E-state index in [4.69, 9.17) is 0 Å². The first-order chi connectivity index (χ1) is 15.4. The Morgan fingerprint density at radius 1 is 0.758 bits per heavy atom. The van der Waals surface area contributed by atoms with Gasteiger partial charge in [-0.2, -0.15) is 0 Å². The van der Waals surface area contributed by atoms with Crippen LogP contribution in [0.25, 0.3) is 0 Å². The number of sulfonamides is 1. The maximum Gasteiger partial charge on any atom is 0.257 e. The number of rotatable bonds is 6. The van der Waals surface area contributed by atoms with Crippen LogP contribution < -0.4 is 15.4 Å². The SMILES string of the molecule is CC(C)(C)c1ccc(C(=O)Nc2cccc(NC(=O)c3ccccc3NS(C)(=O)=O)c2)cc1. The van der Waals surface area contributed by atoms with Crippen molar-refractivity contribution >= 4 is 38.9 Å². The number of para-hydroxylation sites is 1. The van der Waals surface area contributed by atoms with Gasteiger partial charge in [-0.25, -0.2) is 8.42 Å². The summed E-state index contributed by atoms with van der Waals surface area (Å²) >= 11 is 0. The quantitative estimate of drug-likeness (QED) is 0.483. The Labute approximate surface area is 194 Å². The third-order valence-corrected chi connectivity index (χ3v) is 5.45. The molecule has 172 valence electrons. The predicted octanol–water partition coefficient (Wildman–Crippen LogP) is 4.86. The lowest BCUT2D eigenvalue weighted by Gasteiger charge is -2.19. The van der Waals surface area contributed by atoms with Crippen molar-refractivity contribution in [3.63, 3.8) is 0 Å². The first-order valence-electron chi connectivity index (χ1n) is 10.3. The number of nitrogens with one attached hydrogen (secondary N) is 3. The Morgan fingerprint density at radius 3 is 1.91 bits per heavy atom. The zero-order valence-corrected chi connectivity index (χ0v) is 19.8. The van der Waals surface area contributed by atoms with Crippen molar-refractivity contribution in [2.24, 2.45) is 0 Å². The summed E-state index contributed by atoms with van der Waals surface area (Å²) < 4.78 is 25.5. The van der Waals surface area contributed by atoms with Crippen molar-refractivity contribution in [2.75, 3.05) is 21.6 Å². The Morgan fingerprint density at radius 2 is 1.33 bits per heavy atom. The van der Waals surface area contributed by atoms with Gasteiger partial charge in [0.05, 0.1) is 17.5 Å². The summed E-state index contributed by atoms with van der Waals surface area (Å²) in [5, 5.41) is 5.57. The molecule has 0 unspecified atom stereocenters. The summed E-state index contributed by atoms with van der Waals surface area (Å²) in [6.45, 7) is 6.33. The lowest BCUT2D eigenvalue weighted by molar-refractivity contribution is 0.102. The van der Waals surface area contributed by atoms with Crippen LogP contribution in [0.3, 0.4) is 0 Å². The Bertz CT molecular complexity index is 1280. The minimum atomic E-state index is -3.54. The highest BCUT2D eigenvalue weighted by Gasteiger charge is 2.16. The van der Waals surface area contributed by atoms with Crippen molar-refractivity contribution in [1.82, 2.24) is 0 Å². The molecule has 0 saturated heterocycles. The minimum Gasteiger partial charge on any atom is -0.322 e. The molecule has 3 aromatic carbocycles. The Kier molecular flexibility index (Phi) is 6.88. The monoisotopic (exact) mass is 465 g/mol. The van der Waals surface area contributed by atoms with Gasteiger partial charge in [0, 0.05) is 16.9 Å². The number of carbonyl (C=O) groups is 2. The number of amides is 2. The molecule has 0 aromatic heterocycles. The summed E-state index contributed by atoms with van der Waals surface area (Å²) in [5.41, 5.74) is 2.98. The second kappa shape index (κ2) is 9.46. The van der Waals surface area contributed by atoms with E-state index >= 15 is 0 Å². The molecule has 0 heterocycles. The summed E-state index contributed by atoms with van der Waals surface area (Å²) in [5.74, 6) is -0.746. The van der Waals surface area contributed by atoms with Gasteiger partial charge < -0.3 is 10.6 Å². The summed E-state index contributed by atoms with van der Waals surface area (Å²) in [6, 6.07) is 20.5. The van der Waals surface area contributed by atoms with Crippen molar-refractivity contribution < 1.29 is 18.0 Å². The van der Waals surface area contributed by atoms with Crippen molar-refractivity contribution in [2.45, 2.75) is 26.2 Å². The molecule has 0 radical (unpaired) electrons. The van der Waals surface area contributed by atoms with Crippen LogP contribution in [-0.4, -0.2) is 26.5 Å². The lowest BCUT2D eigenvalue weighted by Crippen LogP contribution is -2.18. The first kappa shape index (κ1) is 24.0. The molecular weight excluding hydrogens is 438 g/mol. The van der Waals surface area contributed by atoms with E-state index in [0.717, 1.165) is 11.8 Å². The smallest absolute Gasteiger partial charge is 0.257 e. The molecule has 3 aromatic rings. The molecule has 0 aliphatic heterocycles. The van der Waals surface area contributed by atoms with Crippen LogP contribution in [0.1, 0.15) is 47.1 Å². The molecule has 0 fully saturated rings. The predicted molar refractivity (Wildman–Crippen MR) is 132 cm³/mol. The first-order valence-corrected chi connectivity index (χ1v) is 12.2. The van der Waals surface area contributed by atoms with Crippen molar-refractivity contribution in [1.29, 1.82) is 0 Å². The Hall–Kier alpha value is -3.65. The second-order valence-electron chi connectivity index (χ2n) is 8.74. The highest BCUT2D eigenvalue weighted by Crippen LogP contribution is 2.23. The topological polar surface area (TPSA) is 104 Å². The molecule has 7 nitrogen and oxygen atoms in total. The van der Waals surface area contributed by atoms with Crippen LogP contribution in [0.2, 0.25) is 0 Å². The molecule has 3 rings (SSSR count). The van der Waals surface area contributed by atoms with Gasteiger partial charge in [0.25, 0.3) is 11.8 Å². The van der Waals surface area contributed by atoms with E-state index in [2.05, 4.69) is 36.1 Å². The molecule has 0 bridgehead atoms. The maximum absolute atomic E-state index is 12.8. The van der Waals surface area contributed by atoms with Crippen LogP contribution in [-0.2, 0) is 15.4 Å². The summed E-state index contributed by atoms with van der Waals surface area (Å²) in [6.07, 6.45) is 1.02. The van der Waals surface area contributed by atoms with Crippen LogP contribution in [0.15, 0.2) is 72.8 Å². The summed E-state index contributed by atoms with van der Waals surface area (Å²) in [4.78, 5) is 25.4. The lowest BCUT2D eigenvalue weighted by atomic mass is 9.87.